The molecule has 1 aromatic carbocycles. The zero-order valence-corrected chi connectivity index (χ0v) is 15.8. The predicted octanol–water partition coefficient (Wildman–Crippen LogP) is 2.73. The van der Waals surface area contributed by atoms with Gasteiger partial charge in [-0.3, -0.25) is 4.79 Å². The molecule has 0 aliphatic heterocycles. The van der Waals surface area contributed by atoms with Crippen molar-refractivity contribution in [3.63, 3.8) is 0 Å². The van der Waals surface area contributed by atoms with Gasteiger partial charge in [0.15, 0.2) is 17.6 Å². The lowest BCUT2D eigenvalue weighted by Gasteiger charge is -2.18. The minimum absolute atomic E-state index is 0.212. The Morgan fingerprint density at radius 3 is 2.08 bits per heavy atom. The van der Waals surface area contributed by atoms with Crippen LogP contribution in [0.4, 0.5) is 0 Å². The number of benzene rings is 1. The molecular weight excluding hydrogens is 338 g/mol. The smallest absolute Gasteiger partial charge is 0.339 e. The summed E-state index contributed by atoms with van der Waals surface area (Å²) < 4.78 is 22.0. The Labute approximate surface area is 154 Å². The van der Waals surface area contributed by atoms with Crippen molar-refractivity contribution in [2.24, 2.45) is 0 Å². The van der Waals surface area contributed by atoms with Crippen LogP contribution in [-0.4, -0.2) is 44.3 Å². The fraction of sp³-hybridized carbons (Fsp3) is 0.474. The van der Waals surface area contributed by atoms with E-state index in [0.29, 0.717) is 43.6 Å². The molecule has 0 aliphatic carbocycles. The molecule has 0 spiro atoms. The van der Waals surface area contributed by atoms with E-state index < -0.39 is 18.0 Å². The molecule has 1 N–H and O–H groups in total. The predicted molar refractivity (Wildman–Crippen MR) is 98.0 cm³/mol. The SMILES string of the molecule is C=CCNC(=O)[C@H](C)OC(=O)c1cc(OCC)c(OCC)c(OCC)c1. The number of hydrogen-bond acceptors (Lipinski definition) is 6. The molecule has 0 fully saturated rings. The number of esters is 1. The van der Waals surface area contributed by atoms with Gasteiger partial charge in [-0.15, -0.1) is 6.58 Å². The number of amides is 1. The van der Waals surface area contributed by atoms with Gasteiger partial charge in [-0.25, -0.2) is 4.79 Å². The molecule has 0 saturated heterocycles. The first-order valence-corrected chi connectivity index (χ1v) is 8.64. The van der Waals surface area contributed by atoms with Crippen LogP contribution in [0.3, 0.4) is 0 Å². The third-order valence-corrected chi connectivity index (χ3v) is 3.22. The number of carbonyl (C=O) groups is 2. The van der Waals surface area contributed by atoms with Gasteiger partial charge in [-0.1, -0.05) is 6.08 Å². The Morgan fingerprint density at radius 2 is 1.62 bits per heavy atom. The fourth-order valence-electron chi connectivity index (χ4n) is 2.11. The minimum Gasteiger partial charge on any atom is -0.490 e. The van der Waals surface area contributed by atoms with Crippen molar-refractivity contribution in [3.8, 4) is 17.2 Å². The van der Waals surface area contributed by atoms with Crippen LogP contribution >= 0.6 is 0 Å². The van der Waals surface area contributed by atoms with E-state index in [1.165, 1.54) is 19.1 Å². The number of nitrogens with one attached hydrogen (secondary N) is 1. The Hall–Kier alpha value is -2.70. The van der Waals surface area contributed by atoms with Crippen LogP contribution in [0.25, 0.3) is 0 Å². The number of carbonyl (C=O) groups excluding carboxylic acids is 2. The van der Waals surface area contributed by atoms with E-state index >= 15 is 0 Å². The summed E-state index contributed by atoms with van der Waals surface area (Å²) in [6.07, 6.45) is 0.599. The van der Waals surface area contributed by atoms with Gasteiger partial charge >= 0.3 is 5.97 Å². The van der Waals surface area contributed by atoms with Crippen LogP contribution < -0.4 is 19.5 Å². The average molecular weight is 365 g/mol. The Balaban J connectivity index is 3.08. The molecule has 0 saturated carbocycles. The lowest BCUT2D eigenvalue weighted by molar-refractivity contribution is -0.128. The standard InChI is InChI=1S/C19H27NO6/c1-6-10-20-18(21)13(5)26-19(22)14-11-15(23-7-2)17(25-9-4)16(12-14)24-8-3/h6,11-13H,1,7-10H2,2-5H3,(H,20,21)/t13-/m0/s1. The van der Waals surface area contributed by atoms with Crippen molar-refractivity contribution in [1.82, 2.24) is 5.32 Å². The summed E-state index contributed by atoms with van der Waals surface area (Å²) in [6, 6.07) is 3.04. The van der Waals surface area contributed by atoms with Crippen molar-refractivity contribution in [2.45, 2.75) is 33.8 Å². The summed E-state index contributed by atoms with van der Waals surface area (Å²) in [6.45, 7) is 12.0. The molecule has 7 nitrogen and oxygen atoms in total. The highest BCUT2D eigenvalue weighted by Crippen LogP contribution is 2.39. The topological polar surface area (TPSA) is 83.1 Å². The quantitative estimate of drug-likeness (QED) is 0.480. The van der Waals surface area contributed by atoms with E-state index in [-0.39, 0.29) is 5.56 Å². The van der Waals surface area contributed by atoms with Gasteiger partial charge in [0.05, 0.1) is 25.4 Å². The van der Waals surface area contributed by atoms with Gasteiger partial charge in [-0.2, -0.15) is 0 Å². The van der Waals surface area contributed by atoms with Gasteiger partial charge in [-0.05, 0) is 39.8 Å². The Morgan fingerprint density at radius 1 is 1.08 bits per heavy atom. The van der Waals surface area contributed by atoms with E-state index in [2.05, 4.69) is 11.9 Å². The number of ether oxygens (including phenoxy) is 4. The van der Waals surface area contributed by atoms with Crippen molar-refractivity contribution < 1.29 is 28.5 Å². The molecule has 0 bridgehead atoms. The third-order valence-electron chi connectivity index (χ3n) is 3.22. The molecule has 0 unspecified atom stereocenters. The Kier molecular flexibility index (Phi) is 9.05. The summed E-state index contributed by atoms with van der Waals surface area (Å²) >= 11 is 0. The van der Waals surface area contributed by atoms with Crippen LogP contribution in [0.5, 0.6) is 17.2 Å². The first-order valence-electron chi connectivity index (χ1n) is 8.64. The Bertz CT molecular complexity index is 601. The summed E-state index contributed by atoms with van der Waals surface area (Å²) in [4.78, 5) is 24.3. The first kappa shape index (κ1) is 21.3. The van der Waals surface area contributed by atoms with Crippen molar-refractivity contribution in [2.75, 3.05) is 26.4 Å². The third kappa shape index (κ3) is 5.98. The molecule has 26 heavy (non-hydrogen) atoms. The monoisotopic (exact) mass is 365 g/mol. The molecular formula is C19H27NO6. The molecule has 0 aliphatic rings. The van der Waals surface area contributed by atoms with Gasteiger partial charge in [0, 0.05) is 6.54 Å². The first-order chi connectivity index (χ1) is 12.5. The lowest BCUT2D eigenvalue weighted by Crippen LogP contribution is -2.35. The minimum atomic E-state index is -0.944. The van der Waals surface area contributed by atoms with E-state index in [4.69, 9.17) is 18.9 Å². The van der Waals surface area contributed by atoms with Crippen LogP contribution in [-0.2, 0) is 9.53 Å². The van der Waals surface area contributed by atoms with Crippen molar-refractivity contribution in [3.05, 3.63) is 30.4 Å². The summed E-state index contributed by atoms with van der Waals surface area (Å²) in [5.74, 6) is 0.145. The normalized spacial score (nSPS) is 11.2. The maximum absolute atomic E-state index is 12.4. The van der Waals surface area contributed by atoms with Crippen LogP contribution in [0.15, 0.2) is 24.8 Å². The molecule has 0 heterocycles. The van der Waals surface area contributed by atoms with Crippen molar-refractivity contribution in [1.29, 1.82) is 0 Å². The average Bonchev–Trinajstić information content (AvgIpc) is 2.62. The molecule has 1 rings (SSSR count). The highest BCUT2D eigenvalue weighted by molar-refractivity contribution is 5.93. The largest absolute Gasteiger partial charge is 0.490 e. The molecule has 7 heteroatoms. The van der Waals surface area contributed by atoms with Crippen LogP contribution in [0.2, 0.25) is 0 Å². The second-order valence-electron chi connectivity index (χ2n) is 5.18. The molecule has 0 aromatic heterocycles. The summed E-state index contributed by atoms with van der Waals surface area (Å²) in [7, 11) is 0. The number of rotatable bonds is 11. The second kappa shape index (κ2) is 11.0. The van der Waals surface area contributed by atoms with Crippen molar-refractivity contribution >= 4 is 11.9 Å². The van der Waals surface area contributed by atoms with E-state index in [1.807, 2.05) is 20.8 Å². The maximum atomic E-state index is 12.4. The van der Waals surface area contributed by atoms with E-state index in [1.54, 1.807) is 6.08 Å². The molecule has 1 atom stereocenters. The molecule has 144 valence electrons. The fourth-order valence-corrected chi connectivity index (χ4v) is 2.11. The van der Waals surface area contributed by atoms with Crippen LogP contribution in [0, 0.1) is 0 Å². The molecule has 1 aromatic rings. The van der Waals surface area contributed by atoms with Gasteiger partial charge in [0.1, 0.15) is 0 Å². The van der Waals surface area contributed by atoms with E-state index in [0.717, 1.165) is 0 Å². The molecule has 0 radical (unpaired) electrons. The zero-order chi connectivity index (χ0) is 19.5. The summed E-state index contributed by atoms with van der Waals surface area (Å²) in [5.41, 5.74) is 0.212. The zero-order valence-electron chi connectivity index (χ0n) is 15.8. The van der Waals surface area contributed by atoms with Gasteiger partial charge in [0.25, 0.3) is 5.91 Å². The second-order valence-corrected chi connectivity index (χ2v) is 5.18. The highest BCUT2D eigenvalue weighted by atomic mass is 16.6. The summed E-state index contributed by atoms with van der Waals surface area (Å²) in [5, 5.41) is 2.57. The maximum Gasteiger partial charge on any atom is 0.339 e. The number of hydrogen-bond donors (Lipinski definition) is 1. The van der Waals surface area contributed by atoms with Gasteiger partial charge < -0.3 is 24.3 Å². The van der Waals surface area contributed by atoms with Crippen LogP contribution in [0.1, 0.15) is 38.1 Å². The molecule has 1 amide bonds. The highest BCUT2D eigenvalue weighted by Gasteiger charge is 2.22. The lowest BCUT2D eigenvalue weighted by atomic mass is 10.1. The van der Waals surface area contributed by atoms with Gasteiger partial charge in [0.2, 0.25) is 5.75 Å². The van der Waals surface area contributed by atoms with E-state index in [9.17, 15) is 9.59 Å².